The van der Waals surface area contributed by atoms with Crippen LogP contribution in [0.5, 0.6) is 0 Å². The summed E-state index contributed by atoms with van der Waals surface area (Å²) in [6.07, 6.45) is 2.73. The minimum absolute atomic E-state index is 0.178. The molecule has 19 rings (SSSR count). The van der Waals surface area contributed by atoms with Crippen molar-refractivity contribution in [1.29, 1.82) is 0 Å². The van der Waals surface area contributed by atoms with Gasteiger partial charge in [0.1, 0.15) is 0 Å². The fourth-order valence-electron chi connectivity index (χ4n) is 19.2. The van der Waals surface area contributed by atoms with E-state index >= 15 is 0 Å². The molecule has 0 saturated heterocycles. The van der Waals surface area contributed by atoms with Gasteiger partial charge in [-0.05, 0) is 200 Å². The smallest absolute Gasteiger partial charge is 0.0622 e. The molecule has 3 unspecified atom stereocenters. The summed E-state index contributed by atoms with van der Waals surface area (Å²) < 4.78 is 0. The van der Waals surface area contributed by atoms with Gasteiger partial charge in [-0.15, -0.1) is 0 Å². The van der Waals surface area contributed by atoms with E-state index in [0.717, 1.165) is 19.3 Å². The van der Waals surface area contributed by atoms with E-state index in [0.29, 0.717) is 0 Å². The first-order chi connectivity index (χ1) is 48.3. The molecule has 464 valence electrons. The summed E-state index contributed by atoms with van der Waals surface area (Å²) in [6.45, 7) is 7.05. The molecule has 0 aliphatic heterocycles. The zero-order valence-electron chi connectivity index (χ0n) is 55.5. The Kier molecular flexibility index (Phi) is 13.2. The third-order valence-electron chi connectivity index (χ3n) is 23.2. The van der Waals surface area contributed by atoms with Crippen LogP contribution in [-0.2, 0) is 34.5 Å². The van der Waals surface area contributed by atoms with E-state index in [1.807, 2.05) is 0 Å². The van der Waals surface area contributed by atoms with Crippen LogP contribution in [0.25, 0.3) is 66.4 Å². The summed E-state index contributed by atoms with van der Waals surface area (Å²) in [4.78, 5) is 0. The van der Waals surface area contributed by atoms with E-state index in [4.69, 9.17) is 0 Å². The van der Waals surface area contributed by atoms with Gasteiger partial charge in [0, 0.05) is 5.41 Å². The second kappa shape index (κ2) is 22.3. The molecule has 0 amide bonds. The van der Waals surface area contributed by atoms with Gasteiger partial charge in [0.25, 0.3) is 0 Å². The number of hydrogen-bond donors (Lipinski definition) is 0. The van der Waals surface area contributed by atoms with Gasteiger partial charge in [-0.1, -0.05) is 358 Å². The molecule has 0 radical (unpaired) electrons. The number of rotatable bonds is 12. The van der Waals surface area contributed by atoms with Crippen molar-refractivity contribution in [1.82, 2.24) is 0 Å². The third kappa shape index (κ3) is 8.25. The summed E-state index contributed by atoms with van der Waals surface area (Å²) >= 11 is 0. The lowest BCUT2D eigenvalue weighted by atomic mass is 9.66. The van der Waals surface area contributed by atoms with Crippen molar-refractivity contribution in [3.05, 3.63) is 451 Å². The van der Waals surface area contributed by atoms with Crippen molar-refractivity contribution in [2.75, 3.05) is 0 Å². The molecular weight excluding hydrogens is 1180 g/mol. The molecule has 0 saturated carbocycles. The van der Waals surface area contributed by atoms with Gasteiger partial charge in [-0.25, -0.2) is 0 Å². The Morgan fingerprint density at radius 3 is 1.41 bits per heavy atom. The molecule has 15 aromatic carbocycles. The van der Waals surface area contributed by atoms with E-state index in [-0.39, 0.29) is 5.41 Å². The van der Waals surface area contributed by atoms with Crippen molar-refractivity contribution < 1.29 is 0 Å². The molecular formula is C98H72. The lowest BCUT2D eigenvalue weighted by Gasteiger charge is -2.35. The number of aryl methyl sites for hydroxylation is 3. The lowest BCUT2D eigenvalue weighted by molar-refractivity contribution is 0.536. The quantitative estimate of drug-likeness (QED) is 0.114. The molecule has 0 heterocycles. The molecule has 98 heavy (non-hydrogen) atoms. The SMILES string of the molecule is Cc1ccc2c(c1)C(C)(CCc1cccc3c1-c1ccccc1C3(c1ccccc1)c1ccc(Cc3ccc4c(c3)-c3ccccc3C4(c3ccccc3)c3cccc(-c4cc(C)cc5c4-c4ccccc4C5(c4ccccc4)c4ccccc4)c3)cc1)c1c-2ccc2ccccc12. The molecule has 0 aromatic heterocycles. The summed E-state index contributed by atoms with van der Waals surface area (Å²) in [5, 5.41) is 2.67. The standard InChI is InChI=1S/C98H72/c1-64-46-53-79-80-54-50-68-26-16-17-38-77(68)94(80)95(3,90(79)59-64)57-56-69-27-25-45-89-92(69)81-40-19-22-43-86(81)96(89,71-29-8-4-9-30-71)75-51-47-66(48-52-75)61-67-49-55-88-84(62-67)78-39-18-21-42-85(78)98(88,74-35-14-7-15-36-74)76-37-24-28-70(63-76)83-58-65(2)60-91-93(83)82-41-20-23-44-87(82)97(91,72-31-10-5-11-32-72)73-33-12-6-13-34-73/h4-55,58-60,62-63H,56-57,61H2,1-3H3. The zero-order valence-corrected chi connectivity index (χ0v) is 55.5. The highest BCUT2D eigenvalue weighted by Crippen LogP contribution is 2.62. The van der Waals surface area contributed by atoms with Crippen LogP contribution in [0.4, 0.5) is 0 Å². The topological polar surface area (TPSA) is 0 Å². The minimum Gasteiger partial charge on any atom is -0.0622 e. The second-order valence-corrected chi connectivity index (χ2v) is 28.4. The van der Waals surface area contributed by atoms with Gasteiger partial charge in [-0.3, -0.25) is 0 Å². The van der Waals surface area contributed by atoms with Gasteiger partial charge in [0.05, 0.1) is 16.2 Å². The van der Waals surface area contributed by atoms with Crippen LogP contribution >= 0.6 is 0 Å². The fraction of sp³-hybridized carbons (Fsp3) is 0.102. The molecule has 0 heteroatoms. The van der Waals surface area contributed by atoms with Crippen molar-refractivity contribution in [3.8, 4) is 55.6 Å². The summed E-state index contributed by atoms with van der Waals surface area (Å²) in [6, 6.07) is 132. The van der Waals surface area contributed by atoms with Gasteiger partial charge < -0.3 is 0 Å². The van der Waals surface area contributed by atoms with E-state index in [2.05, 4.69) is 367 Å². The van der Waals surface area contributed by atoms with Crippen LogP contribution in [0.1, 0.15) is 119 Å². The first-order valence-corrected chi connectivity index (χ1v) is 35.0. The number of fused-ring (bicyclic) bond motifs is 14. The van der Waals surface area contributed by atoms with Gasteiger partial charge >= 0.3 is 0 Å². The maximum absolute atomic E-state index is 2.53. The average Bonchev–Trinajstić information content (AvgIpc) is 1.55. The minimum atomic E-state index is -0.592. The Bertz CT molecular complexity index is 5640. The largest absolute Gasteiger partial charge is 0.0713 e. The van der Waals surface area contributed by atoms with Crippen molar-refractivity contribution in [2.24, 2.45) is 0 Å². The number of benzene rings is 15. The van der Waals surface area contributed by atoms with Crippen molar-refractivity contribution >= 4 is 10.8 Å². The monoisotopic (exact) mass is 1250 g/mol. The van der Waals surface area contributed by atoms with E-state index < -0.39 is 16.2 Å². The Hall–Kier alpha value is -11.4. The summed E-state index contributed by atoms with van der Waals surface area (Å²) in [7, 11) is 0. The highest BCUT2D eigenvalue weighted by molar-refractivity contribution is 5.99. The Labute approximate surface area is 575 Å². The lowest BCUT2D eigenvalue weighted by Crippen LogP contribution is -2.29. The molecule has 15 aromatic rings. The van der Waals surface area contributed by atoms with E-state index in [9.17, 15) is 0 Å². The van der Waals surface area contributed by atoms with E-state index in [1.54, 1.807) is 0 Å². The van der Waals surface area contributed by atoms with E-state index in [1.165, 1.54) is 172 Å². The molecule has 3 atom stereocenters. The van der Waals surface area contributed by atoms with Crippen LogP contribution < -0.4 is 0 Å². The van der Waals surface area contributed by atoms with Gasteiger partial charge in [0.15, 0.2) is 0 Å². The first-order valence-electron chi connectivity index (χ1n) is 35.0. The molecule has 0 nitrogen and oxygen atoms in total. The highest BCUT2D eigenvalue weighted by Gasteiger charge is 2.51. The predicted molar refractivity (Wildman–Crippen MR) is 407 cm³/mol. The van der Waals surface area contributed by atoms with Crippen molar-refractivity contribution in [3.63, 3.8) is 0 Å². The average molecular weight is 1250 g/mol. The maximum atomic E-state index is 2.53. The Morgan fingerprint density at radius 2 is 0.745 bits per heavy atom. The zero-order chi connectivity index (χ0) is 65.3. The van der Waals surface area contributed by atoms with Crippen LogP contribution in [0, 0.1) is 13.8 Å². The molecule has 4 aliphatic rings. The van der Waals surface area contributed by atoms with Crippen LogP contribution in [0.15, 0.2) is 346 Å². The van der Waals surface area contributed by atoms with Crippen LogP contribution in [-0.4, -0.2) is 0 Å². The molecule has 0 N–H and O–H groups in total. The predicted octanol–water partition coefficient (Wildman–Crippen LogP) is 23.7. The molecule has 0 bridgehead atoms. The maximum Gasteiger partial charge on any atom is 0.0713 e. The second-order valence-electron chi connectivity index (χ2n) is 28.4. The van der Waals surface area contributed by atoms with Gasteiger partial charge in [0.2, 0.25) is 0 Å². The normalized spacial score (nSPS) is 17.7. The first kappa shape index (κ1) is 58.0. The Balaban J connectivity index is 0.702. The van der Waals surface area contributed by atoms with Crippen LogP contribution in [0.3, 0.4) is 0 Å². The fourth-order valence-corrected chi connectivity index (χ4v) is 19.2. The molecule has 0 fully saturated rings. The molecule has 4 aliphatic carbocycles. The van der Waals surface area contributed by atoms with Crippen LogP contribution in [0.2, 0.25) is 0 Å². The summed E-state index contributed by atoms with van der Waals surface area (Å²) in [5.41, 5.74) is 36.4. The molecule has 0 spiro atoms. The van der Waals surface area contributed by atoms with Gasteiger partial charge in [-0.2, -0.15) is 0 Å². The highest BCUT2D eigenvalue weighted by atomic mass is 14.5. The third-order valence-corrected chi connectivity index (χ3v) is 23.2. The van der Waals surface area contributed by atoms with Crippen molar-refractivity contribution in [2.45, 2.75) is 61.7 Å². The number of hydrogen-bond acceptors (Lipinski definition) is 0. The summed E-state index contributed by atoms with van der Waals surface area (Å²) in [5.74, 6) is 0. The Morgan fingerprint density at radius 1 is 0.265 bits per heavy atom.